The molecule has 1 aromatic rings. The molecule has 1 saturated carbocycles. The van der Waals surface area contributed by atoms with E-state index in [2.05, 4.69) is 5.32 Å². The van der Waals surface area contributed by atoms with Gasteiger partial charge < -0.3 is 10.4 Å². The number of hydrogen-bond acceptors (Lipinski definition) is 3. The predicted molar refractivity (Wildman–Crippen MR) is 75.9 cm³/mol. The van der Waals surface area contributed by atoms with Crippen molar-refractivity contribution in [1.29, 1.82) is 0 Å². The summed E-state index contributed by atoms with van der Waals surface area (Å²) in [6, 6.07) is 3.22. The van der Waals surface area contributed by atoms with Crippen LogP contribution in [0.1, 0.15) is 25.7 Å². The maximum atomic E-state index is 13.0. The summed E-state index contributed by atoms with van der Waals surface area (Å²) in [6.07, 6.45) is 3.51. The number of nitrogens with zero attached hydrogens (tertiary/aromatic N) is 1. The predicted octanol–water partition coefficient (Wildman–Crippen LogP) is 2.14. The van der Waals surface area contributed by atoms with Gasteiger partial charge >= 0.3 is 0 Å². The van der Waals surface area contributed by atoms with Crippen molar-refractivity contribution in [2.75, 3.05) is 25.5 Å². The lowest BCUT2D eigenvalue weighted by atomic mass is 10.0. The number of aliphatic hydroxyl groups is 1. The van der Waals surface area contributed by atoms with E-state index >= 15 is 0 Å². The molecule has 1 aliphatic rings. The zero-order valence-corrected chi connectivity index (χ0v) is 12.0. The highest BCUT2D eigenvalue weighted by molar-refractivity contribution is 5.92. The Bertz CT molecular complexity index is 516. The van der Waals surface area contributed by atoms with Crippen molar-refractivity contribution in [3.8, 4) is 0 Å². The van der Waals surface area contributed by atoms with E-state index in [1.165, 1.54) is 6.07 Å². The Morgan fingerprint density at radius 1 is 1.33 bits per heavy atom. The van der Waals surface area contributed by atoms with E-state index in [0.29, 0.717) is 6.54 Å². The van der Waals surface area contributed by atoms with Gasteiger partial charge in [0.1, 0.15) is 0 Å². The van der Waals surface area contributed by atoms with Crippen LogP contribution in [0.15, 0.2) is 18.2 Å². The number of nitrogens with one attached hydrogen (secondary N) is 1. The summed E-state index contributed by atoms with van der Waals surface area (Å²) in [5, 5.41) is 12.8. The van der Waals surface area contributed by atoms with E-state index in [1.807, 2.05) is 0 Å². The fourth-order valence-electron chi connectivity index (χ4n) is 2.77. The highest BCUT2D eigenvalue weighted by Gasteiger charge is 2.32. The van der Waals surface area contributed by atoms with Gasteiger partial charge in [0.05, 0.1) is 12.1 Å². The molecule has 21 heavy (non-hydrogen) atoms. The van der Waals surface area contributed by atoms with Gasteiger partial charge in [-0.2, -0.15) is 0 Å². The zero-order chi connectivity index (χ0) is 15.5. The number of carbonyl (C=O) groups excluding carboxylic acids is 1. The van der Waals surface area contributed by atoms with Crippen molar-refractivity contribution >= 4 is 11.6 Å². The van der Waals surface area contributed by atoms with E-state index in [0.717, 1.165) is 37.8 Å². The molecular weight excluding hydrogens is 278 g/mol. The topological polar surface area (TPSA) is 52.6 Å². The summed E-state index contributed by atoms with van der Waals surface area (Å²) in [4.78, 5) is 13.6. The molecule has 116 valence electrons. The number of amides is 1. The van der Waals surface area contributed by atoms with Gasteiger partial charge in [-0.25, -0.2) is 8.78 Å². The minimum atomic E-state index is -0.999. The molecule has 2 N–H and O–H groups in total. The molecule has 6 heteroatoms. The van der Waals surface area contributed by atoms with Crippen molar-refractivity contribution < 1.29 is 18.7 Å². The van der Waals surface area contributed by atoms with Gasteiger partial charge in [-0.1, -0.05) is 12.8 Å². The second kappa shape index (κ2) is 6.49. The Balaban J connectivity index is 1.84. The van der Waals surface area contributed by atoms with E-state index in [1.54, 1.807) is 11.9 Å². The largest absolute Gasteiger partial charge is 0.389 e. The van der Waals surface area contributed by atoms with Crippen LogP contribution in [0, 0.1) is 11.6 Å². The van der Waals surface area contributed by atoms with E-state index in [-0.39, 0.29) is 18.1 Å². The molecule has 1 fully saturated rings. The molecule has 0 spiro atoms. The molecule has 0 unspecified atom stereocenters. The van der Waals surface area contributed by atoms with E-state index < -0.39 is 17.2 Å². The van der Waals surface area contributed by atoms with Gasteiger partial charge in [-0.05, 0) is 32.0 Å². The second-order valence-corrected chi connectivity index (χ2v) is 5.78. The van der Waals surface area contributed by atoms with Gasteiger partial charge in [0, 0.05) is 18.3 Å². The first-order valence-corrected chi connectivity index (χ1v) is 7.04. The fourth-order valence-corrected chi connectivity index (χ4v) is 2.77. The Morgan fingerprint density at radius 3 is 2.62 bits per heavy atom. The molecular formula is C15H20F2N2O2. The molecule has 4 nitrogen and oxygen atoms in total. The number of benzene rings is 1. The zero-order valence-electron chi connectivity index (χ0n) is 12.0. The molecule has 0 bridgehead atoms. The number of carbonyl (C=O) groups is 1. The first kappa shape index (κ1) is 15.9. The summed E-state index contributed by atoms with van der Waals surface area (Å²) in [7, 11) is 1.75. The normalized spacial score (nSPS) is 17.2. The fraction of sp³-hybridized carbons (Fsp3) is 0.533. The third kappa shape index (κ3) is 4.47. The van der Waals surface area contributed by atoms with Crippen LogP contribution in [0.5, 0.6) is 0 Å². The Hall–Kier alpha value is -1.53. The van der Waals surface area contributed by atoms with Crippen LogP contribution in [0.3, 0.4) is 0 Å². The van der Waals surface area contributed by atoms with E-state index in [9.17, 15) is 18.7 Å². The van der Waals surface area contributed by atoms with Crippen LogP contribution in [-0.2, 0) is 4.79 Å². The maximum absolute atomic E-state index is 13.0. The molecule has 0 aliphatic heterocycles. The Kier molecular flexibility index (Phi) is 4.90. The molecule has 0 saturated heterocycles. The summed E-state index contributed by atoms with van der Waals surface area (Å²) in [5.41, 5.74) is -0.497. The molecule has 1 aromatic carbocycles. The highest BCUT2D eigenvalue weighted by Crippen LogP contribution is 2.29. The number of halogens is 2. The van der Waals surface area contributed by atoms with Gasteiger partial charge in [0.2, 0.25) is 5.91 Å². The first-order chi connectivity index (χ1) is 9.88. The van der Waals surface area contributed by atoms with Crippen molar-refractivity contribution in [1.82, 2.24) is 4.90 Å². The lowest BCUT2D eigenvalue weighted by Gasteiger charge is -2.28. The number of hydrogen-bond donors (Lipinski definition) is 2. The molecule has 1 aliphatic carbocycles. The van der Waals surface area contributed by atoms with Crippen LogP contribution in [-0.4, -0.2) is 41.7 Å². The van der Waals surface area contributed by atoms with Crippen molar-refractivity contribution in [3.63, 3.8) is 0 Å². The van der Waals surface area contributed by atoms with Crippen molar-refractivity contribution in [3.05, 3.63) is 29.8 Å². The van der Waals surface area contributed by atoms with E-state index in [4.69, 9.17) is 0 Å². The second-order valence-electron chi connectivity index (χ2n) is 5.78. The number of rotatable bonds is 5. The Labute approximate surface area is 122 Å². The monoisotopic (exact) mass is 298 g/mol. The first-order valence-electron chi connectivity index (χ1n) is 7.04. The molecule has 2 rings (SSSR count). The van der Waals surface area contributed by atoms with Crippen LogP contribution in [0.2, 0.25) is 0 Å². The lowest BCUT2D eigenvalue weighted by molar-refractivity contribution is -0.117. The number of anilines is 1. The average molecular weight is 298 g/mol. The quantitative estimate of drug-likeness (QED) is 0.875. The maximum Gasteiger partial charge on any atom is 0.238 e. The standard InChI is InChI=1S/C15H20F2N2O2/c1-19(10-15(21)6-2-3-7-15)9-14(20)18-11-4-5-12(16)13(17)8-11/h4-5,8,21H,2-3,6-7,9-10H2,1H3,(H,18,20). The van der Waals surface area contributed by atoms with Gasteiger partial charge in [0.25, 0.3) is 0 Å². The van der Waals surface area contributed by atoms with Crippen LogP contribution >= 0.6 is 0 Å². The molecule has 1 amide bonds. The Morgan fingerprint density at radius 2 is 2.00 bits per heavy atom. The molecule has 0 radical (unpaired) electrons. The van der Waals surface area contributed by atoms with Crippen LogP contribution in [0.25, 0.3) is 0 Å². The number of likely N-dealkylation sites (N-methyl/N-ethyl adjacent to an activating group) is 1. The minimum absolute atomic E-state index is 0.0846. The highest BCUT2D eigenvalue weighted by atomic mass is 19.2. The van der Waals surface area contributed by atoms with Gasteiger partial charge in [-0.3, -0.25) is 9.69 Å². The minimum Gasteiger partial charge on any atom is -0.389 e. The third-order valence-electron chi connectivity index (χ3n) is 3.72. The molecule has 0 atom stereocenters. The third-order valence-corrected chi connectivity index (χ3v) is 3.72. The summed E-state index contributed by atoms with van der Waals surface area (Å²) in [5.74, 6) is -2.28. The SMILES string of the molecule is CN(CC(=O)Nc1ccc(F)c(F)c1)CC1(O)CCCC1. The van der Waals surface area contributed by atoms with Crippen molar-refractivity contribution in [2.24, 2.45) is 0 Å². The summed E-state index contributed by atoms with van der Waals surface area (Å²) in [6.45, 7) is 0.513. The molecule has 0 heterocycles. The van der Waals surface area contributed by atoms with Crippen LogP contribution in [0.4, 0.5) is 14.5 Å². The summed E-state index contributed by atoms with van der Waals surface area (Å²) < 4.78 is 25.8. The summed E-state index contributed by atoms with van der Waals surface area (Å²) >= 11 is 0. The van der Waals surface area contributed by atoms with Gasteiger partial charge in [0.15, 0.2) is 11.6 Å². The lowest BCUT2D eigenvalue weighted by Crippen LogP contribution is -2.42. The average Bonchev–Trinajstić information content (AvgIpc) is 2.79. The smallest absolute Gasteiger partial charge is 0.238 e. The van der Waals surface area contributed by atoms with Crippen LogP contribution < -0.4 is 5.32 Å². The van der Waals surface area contributed by atoms with Crippen molar-refractivity contribution in [2.45, 2.75) is 31.3 Å². The molecule has 0 aromatic heterocycles. The van der Waals surface area contributed by atoms with Gasteiger partial charge in [-0.15, -0.1) is 0 Å².